The monoisotopic (exact) mass is 566 g/mol. The van der Waals surface area contributed by atoms with Gasteiger partial charge in [0.15, 0.2) is 0 Å². The Morgan fingerprint density at radius 1 is 1.15 bits per heavy atom. The molecule has 12 heteroatoms. The second-order valence-electron chi connectivity index (χ2n) is 11.2. The minimum Gasteiger partial charge on any atom is -0.542 e. The van der Waals surface area contributed by atoms with E-state index in [0.29, 0.717) is 30.6 Å². The molecule has 1 aliphatic carbocycles. The number of aromatic nitrogens is 2. The maximum Gasteiger partial charge on any atom is 0.430 e. The SMILES string of the molecule is Cc1c(Cc2ccc(F)c(C(=O)N3CCC4(CCC[NH+]4CC4CC4)CC3)c2)n[nH]c(=O)c1C.O=C([O-])C(F)(F)F. The highest BCUT2D eigenvalue weighted by Crippen LogP contribution is 2.32. The minimum absolute atomic E-state index is 0.135. The molecule has 3 aliphatic rings. The van der Waals surface area contributed by atoms with Crippen molar-refractivity contribution in [2.45, 2.75) is 70.5 Å². The standard InChI is InChI=1S/C26H33FN4O2.C2HF3O2/c1-17-18(2)24(32)29-28-23(17)15-20-6-7-22(27)21(14-20)25(33)30-12-9-26(10-13-30)8-3-11-31(26)16-19-4-5-19;3-2(4,5)1(6)7/h6-7,14,19H,3-5,8-13,15-16H2,1-2H3,(H,29,32);(H,6,7). The number of aliphatic carboxylic acids is 1. The number of alkyl halides is 3. The summed E-state index contributed by atoms with van der Waals surface area (Å²) in [5, 5.41) is 15.5. The number of halogens is 4. The average molecular weight is 567 g/mol. The molecule has 2 aliphatic heterocycles. The van der Waals surface area contributed by atoms with Gasteiger partial charge in [0.05, 0.1) is 24.3 Å². The van der Waals surface area contributed by atoms with Crippen LogP contribution < -0.4 is 15.6 Å². The summed E-state index contributed by atoms with van der Waals surface area (Å²) in [5.41, 5.74) is 3.26. The fourth-order valence-electron chi connectivity index (χ4n) is 5.87. The van der Waals surface area contributed by atoms with E-state index in [-0.39, 0.29) is 17.0 Å². The molecule has 5 rings (SSSR count). The Balaban J connectivity index is 0.000000470. The van der Waals surface area contributed by atoms with Crippen molar-refractivity contribution in [1.29, 1.82) is 0 Å². The minimum atomic E-state index is -5.19. The normalized spacial score (nSPS) is 20.2. The van der Waals surface area contributed by atoms with Crippen LogP contribution in [-0.4, -0.2) is 64.9 Å². The van der Waals surface area contributed by atoms with Crippen LogP contribution in [0.15, 0.2) is 23.0 Å². The first kappa shape index (κ1) is 29.7. The maximum atomic E-state index is 14.7. The molecule has 3 heterocycles. The molecule has 0 radical (unpaired) electrons. The first-order chi connectivity index (χ1) is 18.8. The van der Waals surface area contributed by atoms with Gasteiger partial charge in [0, 0.05) is 56.7 Å². The molecule has 2 aromatic rings. The largest absolute Gasteiger partial charge is 0.542 e. The number of nitrogens with zero attached hydrogens (tertiary/aromatic N) is 2. The molecule has 1 aromatic heterocycles. The van der Waals surface area contributed by atoms with Gasteiger partial charge >= 0.3 is 6.18 Å². The molecule has 2 N–H and O–H groups in total. The van der Waals surface area contributed by atoms with E-state index in [9.17, 15) is 27.2 Å². The van der Waals surface area contributed by atoms with E-state index in [1.165, 1.54) is 44.8 Å². The summed E-state index contributed by atoms with van der Waals surface area (Å²) in [6, 6.07) is 4.72. The van der Waals surface area contributed by atoms with Crippen LogP contribution in [0.1, 0.15) is 71.3 Å². The molecule has 1 unspecified atom stereocenters. The molecule has 0 bridgehead atoms. The van der Waals surface area contributed by atoms with Gasteiger partial charge in [-0.2, -0.15) is 18.3 Å². The second-order valence-corrected chi connectivity index (χ2v) is 11.2. The van der Waals surface area contributed by atoms with Gasteiger partial charge in [0.1, 0.15) is 17.3 Å². The second kappa shape index (κ2) is 11.7. The molecule has 40 heavy (non-hydrogen) atoms. The number of piperidine rings is 1. The van der Waals surface area contributed by atoms with E-state index in [2.05, 4.69) is 10.2 Å². The van der Waals surface area contributed by atoms with Crippen molar-refractivity contribution in [3.05, 3.63) is 62.3 Å². The first-order valence-electron chi connectivity index (χ1n) is 13.6. The maximum absolute atomic E-state index is 14.7. The van der Waals surface area contributed by atoms with Crippen molar-refractivity contribution in [1.82, 2.24) is 15.1 Å². The number of aromatic amines is 1. The fraction of sp³-hybridized carbons (Fsp3) is 0.571. The molecule has 1 aromatic carbocycles. The van der Waals surface area contributed by atoms with Crippen LogP contribution >= 0.6 is 0 Å². The lowest BCUT2D eigenvalue weighted by atomic mass is 9.84. The first-order valence-corrected chi connectivity index (χ1v) is 13.6. The highest BCUT2D eigenvalue weighted by Gasteiger charge is 2.49. The Morgan fingerprint density at radius 3 is 2.40 bits per heavy atom. The van der Waals surface area contributed by atoms with Crippen LogP contribution in [-0.2, 0) is 11.2 Å². The van der Waals surface area contributed by atoms with Crippen molar-refractivity contribution in [2.24, 2.45) is 5.92 Å². The Labute approximate surface area is 229 Å². The summed E-state index contributed by atoms with van der Waals surface area (Å²) in [5.74, 6) is -2.79. The number of rotatable bonds is 5. The third kappa shape index (κ3) is 6.71. The van der Waals surface area contributed by atoms with E-state index in [1.807, 2.05) is 11.8 Å². The van der Waals surface area contributed by atoms with E-state index in [1.54, 1.807) is 24.0 Å². The van der Waals surface area contributed by atoms with Gasteiger partial charge in [0.2, 0.25) is 0 Å². The summed E-state index contributed by atoms with van der Waals surface area (Å²) >= 11 is 0. The number of carbonyl (C=O) groups excluding carboxylic acids is 2. The number of hydrogen-bond acceptors (Lipinski definition) is 5. The molecule has 218 valence electrons. The number of quaternary nitrogens is 1. The van der Waals surface area contributed by atoms with Gasteiger partial charge in [0.25, 0.3) is 11.5 Å². The van der Waals surface area contributed by atoms with Gasteiger partial charge in [-0.15, -0.1) is 0 Å². The molecule has 2 saturated heterocycles. The lowest BCUT2D eigenvalue weighted by Crippen LogP contribution is -3.18. The molecule has 8 nitrogen and oxygen atoms in total. The van der Waals surface area contributed by atoms with E-state index >= 15 is 0 Å². The van der Waals surface area contributed by atoms with Crippen LogP contribution in [0.3, 0.4) is 0 Å². The summed E-state index contributed by atoms with van der Waals surface area (Å²) < 4.78 is 46.3. The Bertz CT molecular complexity index is 1310. The number of benzene rings is 1. The van der Waals surface area contributed by atoms with Crippen LogP contribution in [0.5, 0.6) is 0 Å². The van der Waals surface area contributed by atoms with Gasteiger partial charge in [-0.25, -0.2) is 9.49 Å². The summed E-state index contributed by atoms with van der Waals surface area (Å²) in [6.45, 7) is 7.59. The summed E-state index contributed by atoms with van der Waals surface area (Å²) in [6.07, 6.45) is 2.58. The third-order valence-corrected chi connectivity index (χ3v) is 8.62. The Hall–Kier alpha value is -3.28. The lowest BCUT2D eigenvalue weighted by molar-refractivity contribution is -0.942. The molecule has 1 atom stereocenters. The predicted molar refractivity (Wildman–Crippen MR) is 135 cm³/mol. The summed E-state index contributed by atoms with van der Waals surface area (Å²) in [4.78, 5) is 37.4. The van der Waals surface area contributed by atoms with Crippen LogP contribution in [0.25, 0.3) is 0 Å². The van der Waals surface area contributed by atoms with Crippen LogP contribution in [0.4, 0.5) is 17.6 Å². The van der Waals surface area contributed by atoms with Crippen molar-refractivity contribution in [3.8, 4) is 0 Å². The molecule has 1 spiro atoms. The topological polar surface area (TPSA) is 111 Å². The highest BCUT2D eigenvalue weighted by molar-refractivity contribution is 5.94. The zero-order chi connectivity index (χ0) is 29.2. The van der Waals surface area contributed by atoms with Gasteiger partial charge in [-0.1, -0.05) is 6.07 Å². The molecular weight excluding hydrogens is 532 g/mol. The third-order valence-electron chi connectivity index (χ3n) is 8.62. The zero-order valence-corrected chi connectivity index (χ0v) is 22.6. The Kier molecular flexibility index (Phi) is 8.67. The molecule has 3 fully saturated rings. The molecule has 1 amide bonds. The number of carboxylic acids is 1. The number of H-pyrrole nitrogens is 1. The van der Waals surface area contributed by atoms with Crippen LogP contribution in [0, 0.1) is 25.6 Å². The van der Waals surface area contributed by atoms with E-state index in [0.717, 1.165) is 35.6 Å². The van der Waals surface area contributed by atoms with Crippen LogP contribution in [0.2, 0.25) is 0 Å². The van der Waals surface area contributed by atoms with Crippen molar-refractivity contribution >= 4 is 11.9 Å². The Morgan fingerprint density at radius 2 is 1.80 bits per heavy atom. The van der Waals surface area contributed by atoms with E-state index < -0.39 is 18.0 Å². The number of hydrogen-bond donors (Lipinski definition) is 2. The zero-order valence-electron chi connectivity index (χ0n) is 22.6. The molecule has 1 saturated carbocycles. The number of amides is 1. The summed E-state index contributed by atoms with van der Waals surface area (Å²) in [7, 11) is 0. The average Bonchev–Trinajstić information content (AvgIpc) is 3.66. The number of likely N-dealkylation sites (tertiary alicyclic amines) is 2. The highest BCUT2D eigenvalue weighted by atomic mass is 19.4. The number of nitrogens with one attached hydrogen (secondary N) is 2. The lowest BCUT2D eigenvalue weighted by Gasteiger charge is -2.42. The number of carbonyl (C=O) groups is 2. The van der Waals surface area contributed by atoms with Gasteiger partial charge in [-0.3, -0.25) is 9.59 Å². The van der Waals surface area contributed by atoms with Gasteiger partial charge < -0.3 is 19.7 Å². The van der Waals surface area contributed by atoms with Crippen molar-refractivity contribution < 1.29 is 37.2 Å². The smallest absolute Gasteiger partial charge is 0.430 e. The predicted octanol–water partition coefficient (Wildman–Crippen LogP) is 1.48. The van der Waals surface area contributed by atoms with E-state index in [4.69, 9.17) is 9.90 Å². The molecular formula is C28H34F4N4O4. The quantitative estimate of drug-likeness (QED) is 0.533. The number of carboxylic acid groups (broad SMARTS) is 1. The fourth-order valence-corrected chi connectivity index (χ4v) is 5.87. The van der Waals surface area contributed by atoms with Crippen molar-refractivity contribution in [3.63, 3.8) is 0 Å². The van der Waals surface area contributed by atoms with Crippen molar-refractivity contribution in [2.75, 3.05) is 26.2 Å². The van der Waals surface area contributed by atoms with Gasteiger partial charge in [-0.05, 0) is 49.9 Å².